The summed E-state index contributed by atoms with van der Waals surface area (Å²) in [6.45, 7) is 3.32. The lowest BCUT2D eigenvalue weighted by Gasteiger charge is -2.09. The monoisotopic (exact) mass is 373 g/mol. The molecule has 0 radical (unpaired) electrons. The van der Waals surface area contributed by atoms with Gasteiger partial charge in [-0.1, -0.05) is 31.9 Å². The van der Waals surface area contributed by atoms with Crippen LogP contribution in [0.4, 0.5) is 5.95 Å². The Morgan fingerprint density at radius 2 is 2.15 bits per heavy atom. The van der Waals surface area contributed by atoms with Crippen LogP contribution in [0.15, 0.2) is 24.3 Å². The van der Waals surface area contributed by atoms with Crippen molar-refractivity contribution < 1.29 is 9.84 Å². The maximum atomic E-state index is 9.04. The van der Waals surface area contributed by atoms with Crippen LogP contribution in [0.25, 0.3) is 0 Å². The zero-order valence-corrected chi connectivity index (χ0v) is 16.4. The summed E-state index contributed by atoms with van der Waals surface area (Å²) >= 11 is 0. The van der Waals surface area contributed by atoms with Crippen molar-refractivity contribution in [2.24, 2.45) is 7.05 Å². The fourth-order valence-corrected chi connectivity index (χ4v) is 2.79. The number of aryl methyl sites for hydroxylation is 1. The minimum Gasteiger partial charge on any atom is -0.494 e. The molecule has 0 unspecified atom stereocenters. The van der Waals surface area contributed by atoms with Gasteiger partial charge in [0, 0.05) is 25.7 Å². The molecule has 0 bridgehead atoms. The summed E-state index contributed by atoms with van der Waals surface area (Å²) in [5.41, 5.74) is 1.92. The molecule has 2 rings (SSSR count). The third kappa shape index (κ3) is 7.38. The van der Waals surface area contributed by atoms with Crippen LogP contribution in [0.3, 0.4) is 0 Å². The summed E-state index contributed by atoms with van der Waals surface area (Å²) in [6, 6.07) is 8.01. The molecule has 7 nitrogen and oxygen atoms in total. The maximum Gasteiger partial charge on any atom is 0.221 e. The highest BCUT2D eigenvalue weighted by Gasteiger charge is 2.05. The lowest BCUT2D eigenvalue weighted by Crippen LogP contribution is -2.10. The molecule has 0 aliphatic heterocycles. The number of nitrogens with zero attached hydrogens (tertiary/aromatic N) is 3. The molecule has 0 spiro atoms. The smallest absolute Gasteiger partial charge is 0.221 e. The molecule has 0 saturated heterocycles. The molecule has 0 aliphatic rings. The molecule has 0 saturated carbocycles. The summed E-state index contributed by atoms with van der Waals surface area (Å²) in [6.07, 6.45) is 5.87. The summed E-state index contributed by atoms with van der Waals surface area (Å²) in [7, 11) is 1.79. The Hall–Kier alpha value is -2.41. The third-order valence-electron chi connectivity index (χ3n) is 4.22. The number of aliphatic hydroxyl groups is 1. The minimum atomic E-state index is -0.162. The molecule has 2 aromatic rings. The number of hydrogen-bond donors (Lipinski definition) is 3. The largest absolute Gasteiger partial charge is 0.494 e. The predicted octanol–water partition coefficient (Wildman–Crippen LogP) is 3.33. The van der Waals surface area contributed by atoms with E-state index in [0.29, 0.717) is 31.3 Å². The van der Waals surface area contributed by atoms with E-state index in [9.17, 15) is 0 Å². The van der Waals surface area contributed by atoms with Crippen molar-refractivity contribution in [1.29, 1.82) is 5.41 Å². The number of benzene rings is 1. The first-order valence-corrected chi connectivity index (χ1v) is 9.65. The maximum absolute atomic E-state index is 9.04. The highest BCUT2D eigenvalue weighted by Crippen LogP contribution is 2.15. The van der Waals surface area contributed by atoms with Gasteiger partial charge in [0.05, 0.1) is 6.61 Å². The molecule has 1 aromatic carbocycles. The van der Waals surface area contributed by atoms with Crippen molar-refractivity contribution in [3.63, 3.8) is 0 Å². The summed E-state index contributed by atoms with van der Waals surface area (Å²) < 4.78 is 7.44. The molecule has 148 valence electrons. The molecule has 1 heterocycles. The fraction of sp³-hybridized carbons (Fsp3) is 0.550. The van der Waals surface area contributed by atoms with Crippen molar-refractivity contribution in [2.75, 3.05) is 18.5 Å². The standard InChI is InChI=1S/C20H31N5O2/c1-3-4-5-9-17(21)13-16-8-6-10-18(14-16)27-12-7-11-22-20-23-19(15-26)24-25(20)2/h6,8,10,14,21,26H,3-5,7,9,11-13,15H2,1-2H3,(H,22,23,24). The third-order valence-corrected chi connectivity index (χ3v) is 4.22. The van der Waals surface area contributed by atoms with Gasteiger partial charge in [-0.3, -0.25) is 0 Å². The SMILES string of the molecule is CCCCCC(=N)Cc1cccc(OCCCNc2nc(CO)nn2C)c1. The number of aliphatic hydroxyl groups excluding tert-OH is 1. The average molecular weight is 374 g/mol. The van der Waals surface area contributed by atoms with Gasteiger partial charge in [-0.15, -0.1) is 0 Å². The van der Waals surface area contributed by atoms with Crippen LogP contribution in [0.2, 0.25) is 0 Å². The first-order chi connectivity index (χ1) is 13.1. The van der Waals surface area contributed by atoms with E-state index in [1.54, 1.807) is 11.7 Å². The number of nitrogens with one attached hydrogen (secondary N) is 2. The Balaban J connectivity index is 1.69. The van der Waals surface area contributed by atoms with Crippen LogP contribution >= 0.6 is 0 Å². The van der Waals surface area contributed by atoms with E-state index in [0.717, 1.165) is 36.3 Å². The van der Waals surface area contributed by atoms with E-state index < -0.39 is 0 Å². The van der Waals surface area contributed by atoms with Gasteiger partial charge in [-0.2, -0.15) is 10.1 Å². The van der Waals surface area contributed by atoms with Crippen LogP contribution in [0.5, 0.6) is 5.75 Å². The molecule has 27 heavy (non-hydrogen) atoms. The number of rotatable bonds is 13. The van der Waals surface area contributed by atoms with Crippen LogP contribution < -0.4 is 10.1 Å². The van der Waals surface area contributed by atoms with Gasteiger partial charge in [-0.05, 0) is 37.0 Å². The van der Waals surface area contributed by atoms with Crippen molar-refractivity contribution in [2.45, 2.75) is 52.1 Å². The lowest BCUT2D eigenvalue weighted by molar-refractivity contribution is 0.271. The van der Waals surface area contributed by atoms with Crippen molar-refractivity contribution >= 4 is 11.7 Å². The van der Waals surface area contributed by atoms with Crippen molar-refractivity contribution in [3.05, 3.63) is 35.7 Å². The number of anilines is 1. The van der Waals surface area contributed by atoms with Crippen LogP contribution in [-0.2, 0) is 20.1 Å². The van der Waals surface area contributed by atoms with Crippen LogP contribution in [0.1, 0.15) is 50.4 Å². The Kier molecular flexibility index (Phi) is 8.77. The van der Waals surface area contributed by atoms with Crippen molar-refractivity contribution in [1.82, 2.24) is 14.8 Å². The number of ether oxygens (including phenoxy) is 1. The van der Waals surface area contributed by atoms with Gasteiger partial charge in [0.25, 0.3) is 0 Å². The zero-order chi connectivity index (χ0) is 19.5. The van der Waals surface area contributed by atoms with Gasteiger partial charge < -0.3 is 20.6 Å². The highest BCUT2D eigenvalue weighted by atomic mass is 16.5. The summed E-state index contributed by atoms with van der Waals surface area (Å²) in [5, 5.41) is 24.4. The number of unbranched alkanes of at least 4 members (excludes halogenated alkanes) is 2. The Morgan fingerprint density at radius 3 is 2.89 bits per heavy atom. The predicted molar refractivity (Wildman–Crippen MR) is 108 cm³/mol. The van der Waals surface area contributed by atoms with E-state index in [2.05, 4.69) is 28.4 Å². The molecule has 3 N–H and O–H groups in total. The van der Waals surface area contributed by atoms with E-state index in [1.165, 1.54) is 12.8 Å². The van der Waals surface area contributed by atoms with Crippen LogP contribution in [0, 0.1) is 5.41 Å². The lowest BCUT2D eigenvalue weighted by atomic mass is 10.0. The summed E-state index contributed by atoms with van der Waals surface area (Å²) in [5.74, 6) is 1.89. The number of hydrogen-bond acceptors (Lipinski definition) is 6. The van der Waals surface area contributed by atoms with E-state index in [4.69, 9.17) is 15.3 Å². The van der Waals surface area contributed by atoms with Gasteiger partial charge >= 0.3 is 0 Å². The second kappa shape index (κ2) is 11.3. The molecular formula is C20H31N5O2. The van der Waals surface area contributed by atoms with Gasteiger partial charge in [0.15, 0.2) is 5.82 Å². The van der Waals surface area contributed by atoms with Gasteiger partial charge in [0.2, 0.25) is 5.95 Å². The Labute approximate surface area is 161 Å². The van der Waals surface area contributed by atoms with Gasteiger partial charge in [0.1, 0.15) is 12.4 Å². The molecular weight excluding hydrogens is 342 g/mol. The second-order valence-corrected chi connectivity index (χ2v) is 6.65. The van der Waals surface area contributed by atoms with Crippen LogP contribution in [-0.4, -0.2) is 38.7 Å². The Bertz CT molecular complexity index is 714. The highest BCUT2D eigenvalue weighted by molar-refractivity contribution is 5.83. The molecule has 0 fully saturated rings. The van der Waals surface area contributed by atoms with Gasteiger partial charge in [-0.25, -0.2) is 4.68 Å². The molecule has 0 amide bonds. The zero-order valence-electron chi connectivity index (χ0n) is 16.4. The molecule has 0 aliphatic carbocycles. The van der Waals surface area contributed by atoms with E-state index in [1.807, 2.05) is 18.2 Å². The first kappa shape index (κ1) is 20.9. The first-order valence-electron chi connectivity index (χ1n) is 9.65. The molecule has 0 atom stereocenters. The van der Waals surface area contributed by atoms with E-state index in [-0.39, 0.29) is 6.61 Å². The minimum absolute atomic E-state index is 0.162. The Morgan fingerprint density at radius 1 is 1.30 bits per heavy atom. The normalized spacial score (nSPS) is 10.8. The second-order valence-electron chi connectivity index (χ2n) is 6.65. The molecule has 1 aromatic heterocycles. The quantitative estimate of drug-likeness (QED) is 0.370. The van der Waals surface area contributed by atoms with Crippen molar-refractivity contribution in [3.8, 4) is 5.75 Å². The average Bonchev–Trinajstić information content (AvgIpc) is 3.02. The molecule has 7 heteroatoms. The van der Waals surface area contributed by atoms with E-state index >= 15 is 0 Å². The topological polar surface area (TPSA) is 96.1 Å². The fourth-order valence-electron chi connectivity index (χ4n) is 2.79. The summed E-state index contributed by atoms with van der Waals surface area (Å²) in [4.78, 5) is 4.18. The number of aromatic nitrogens is 3.